The van der Waals surface area contributed by atoms with Crippen molar-refractivity contribution in [3.8, 4) is 0 Å². The van der Waals surface area contributed by atoms with E-state index in [1.165, 1.54) is 0 Å². The standard InChI is InChI=1S/C36H64O8.C35H62O9.2Ac/c1-14-26-31(19(6)18(5)23(10)38-26)42-34-21(8)28-29(25(12)40-34)36(28,13)44-35-22(9)30(37)32(27(15-2)41-35)43-33-20(7)16(3)17(4)24(11)39-33;1-13-24-30(17(5)15(3)21(9)38-24)42-33-19(7)26-27(22(10)39-33)35(26,12)44-34-20(8)29(37)31(25(14-2)41-34)43-32-18(6)16(4)28(36)23(11)40-32;;/h16-35,37H,14-15H2,1-13H3;15-34,36-37H,13-14H2,1-12H3;;/t16?,17-,18?,19?,20?,21?,22?,23+,24?,25?,26?,27?,28+,29+,30+,31-,32+,33-,34+,35-,36?;15?,16?,17?,18?,19?,20?,21-,22?,23?,24?,25?,26-,27-,28+,29-,30+,31-,32+,33-,34+,35?;;/m01../s1. The van der Waals surface area contributed by atoms with E-state index < -0.39 is 60.6 Å². The van der Waals surface area contributed by atoms with Crippen molar-refractivity contribution in [2.75, 3.05) is 0 Å². The van der Waals surface area contributed by atoms with Crippen LogP contribution in [0, 0.1) is 189 Å². The molecule has 8 saturated heterocycles. The van der Waals surface area contributed by atoms with Crippen LogP contribution in [-0.4, -0.2) is 168 Å². The smallest absolute Gasteiger partial charge is 0.163 e. The summed E-state index contributed by atoms with van der Waals surface area (Å²) in [6.45, 7) is 53.7. The van der Waals surface area contributed by atoms with E-state index in [1.54, 1.807) is 0 Å². The maximum absolute atomic E-state index is 11.6. The van der Waals surface area contributed by atoms with Crippen LogP contribution in [0.3, 0.4) is 0 Å². The van der Waals surface area contributed by atoms with Crippen LogP contribution in [0.4, 0.5) is 0 Å². The summed E-state index contributed by atoms with van der Waals surface area (Å²) in [4.78, 5) is 0. The third-order valence-corrected chi connectivity index (χ3v) is 25.9. The molecular weight excluding hydrogens is 1580 g/mol. The SMILES string of the molecule is CCC1O[C@H](C)C(C)C(C)[C@@H]1O[C@H]1OC(C)[C@@H]2[C@@H](C1C)C2(C)O[C@@H]1OC(CC)[C@@H](O[C@@H]2OC(C)[C@@H](C)C(C)C2C)[C@H](O)C1C.CCC1O[C@H](C)C(C)C(C)[C@@H]1O[C@H]1OC(C)[C@@H]2[C@@H](C1C)C2(C)O[C@@H]1OC(CC)[C@@H](O[C@@H]2OC(C)[C@@H](O)C(C)C2C)[C@H](O)C1C.[Ac].[Ac]. The number of rotatable bonds is 16. The zero-order valence-corrected chi connectivity index (χ0v) is 69.6. The Balaban J connectivity index is 0.000000250. The van der Waals surface area contributed by atoms with Crippen molar-refractivity contribution in [1.29, 1.82) is 0 Å². The molecule has 8 heterocycles. The van der Waals surface area contributed by atoms with E-state index in [2.05, 4.69) is 132 Å². The Bertz CT molecular complexity index is 2090. The predicted octanol–water partition coefficient (Wildman–Crippen LogP) is 11.6. The molecule has 10 aliphatic rings. The van der Waals surface area contributed by atoms with Crippen LogP contribution in [0.1, 0.15) is 199 Å². The molecule has 2 radical (unpaired) electrons. The molecule has 10 rings (SSSR count). The summed E-state index contributed by atoms with van der Waals surface area (Å²) in [5, 5.41) is 33.7. The van der Waals surface area contributed by atoms with Gasteiger partial charge >= 0.3 is 0 Å². The van der Waals surface area contributed by atoms with Crippen LogP contribution in [-0.2, 0) is 66.3 Å². The van der Waals surface area contributed by atoms with Crippen molar-refractivity contribution in [3.05, 3.63) is 0 Å². The van der Waals surface area contributed by atoms with E-state index in [0.29, 0.717) is 48.3 Å². The molecule has 90 heavy (non-hydrogen) atoms. The van der Waals surface area contributed by atoms with Gasteiger partial charge in [0.05, 0.1) is 103 Å². The van der Waals surface area contributed by atoms with Crippen molar-refractivity contribution < 1.29 is 170 Å². The monoisotopic (exact) mass is 1700 g/mol. The molecule has 0 bridgehead atoms. The van der Waals surface area contributed by atoms with E-state index in [-0.39, 0.29) is 245 Å². The van der Waals surface area contributed by atoms with Gasteiger partial charge in [-0.05, 0) is 122 Å². The molecule has 22 unspecified atom stereocenters. The number of ether oxygens (including phenoxy) is 14. The van der Waals surface area contributed by atoms with Crippen LogP contribution in [0.5, 0.6) is 0 Å². The number of hydrogen-bond acceptors (Lipinski definition) is 17. The molecule has 0 amide bonds. The molecule has 2 aliphatic carbocycles. The second-order valence-electron chi connectivity index (χ2n) is 31.1. The summed E-state index contributed by atoms with van der Waals surface area (Å²) in [5.41, 5.74) is -0.881. The van der Waals surface area contributed by atoms with Crippen LogP contribution >= 0.6 is 0 Å². The first-order chi connectivity index (χ1) is 41.3. The van der Waals surface area contributed by atoms with Crippen LogP contribution in [0.15, 0.2) is 0 Å². The maximum atomic E-state index is 11.6. The van der Waals surface area contributed by atoms with Gasteiger partial charge in [0.2, 0.25) is 0 Å². The fourth-order valence-corrected chi connectivity index (χ4v) is 18.1. The third-order valence-electron chi connectivity index (χ3n) is 25.9. The van der Waals surface area contributed by atoms with Crippen LogP contribution < -0.4 is 0 Å². The summed E-state index contributed by atoms with van der Waals surface area (Å²) in [6.07, 6.45) is -2.93. The number of fused-ring (bicyclic) bond motifs is 2. The van der Waals surface area contributed by atoms with Gasteiger partial charge in [-0.3, -0.25) is 0 Å². The molecule has 0 aromatic heterocycles. The second kappa shape index (κ2) is 32.0. The summed E-state index contributed by atoms with van der Waals surface area (Å²) < 4.78 is 91.9. The Labute approximate surface area is 615 Å². The molecule has 19 heteroatoms. The average Bonchev–Trinajstić information content (AvgIpc) is 1.54. The molecule has 0 aromatic rings. The van der Waals surface area contributed by atoms with Gasteiger partial charge in [0.1, 0.15) is 12.2 Å². The Morgan fingerprint density at radius 3 is 0.922 bits per heavy atom. The molecule has 8 aliphatic heterocycles. The van der Waals surface area contributed by atoms with Gasteiger partial charge in [0.25, 0.3) is 0 Å². The van der Waals surface area contributed by atoms with Crippen molar-refractivity contribution in [1.82, 2.24) is 0 Å². The van der Waals surface area contributed by atoms with Crippen LogP contribution in [0.2, 0.25) is 0 Å². The molecule has 3 N–H and O–H groups in total. The molecule has 17 nitrogen and oxygen atoms in total. The molecule has 518 valence electrons. The topological polar surface area (TPSA) is 190 Å². The van der Waals surface area contributed by atoms with Gasteiger partial charge < -0.3 is 81.6 Å². The summed E-state index contributed by atoms with van der Waals surface area (Å²) >= 11 is 0. The second-order valence-corrected chi connectivity index (χ2v) is 31.1. The first kappa shape index (κ1) is 79.5. The minimum atomic E-state index is -0.790. The minimum absolute atomic E-state index is 0. The number of aliphatic hydroxyl groups excluding tert-OH is 3. The quantitative estimate of drug-likeness (QED) is 0.132. The van der Waals surface area contributed by atoms with E-state index in [4.69, 9.17) is 66.3 Å². The zero-order chi connectivity index (χ0) is 64.8. The Morgan fingerprint density at radius 1 is 0.267 bits per heavy atom. The fraction of sp³-hybridized carbons (Fsp3) is 1.00. The molecule has 0 spiro atoms. The van der Waals surface area contributed by atoms with Gasteiger partial charge in [0, 0.05) is 147 Å². The van der Waals surface area contributed by atoms with Gasteiger partial charge in [0.15, 0.2) is 37.7 Å². The summed E-state index contributed by atoms with van der Waals surface area (Å²) in [6, 6.07) is 0. The predicted molar refractivity (Wildman–Crippen MR) is 334 cm³/mol. The van der Waals surface area contributed by atoms with Crippen molar-refractivity contribution in [2.24, 2.45) is 101 Å². The number of hydrogen-bond donors (Lipinski definition) is 3. The van der Waals surface area contributed by atoms with E-state index >= 15 is 0 Å². The average molecular weight is 1710 g/mol. The van der Waals surface area contributed by atoms with Crippen molar-refractivity contribution in [3.63, 3.8) is 0 Å². The molecular formula is C71H126Ac2O17. The largest absolute Gasteiger partial charge is 0.390 e. The summed E-state index contributed by atoms with van der Waals surface area (Å²) in [5.74, 6) is 3.40. The summed E-state index contributed by atoms with van der Waals surface area (Å²) in [7, 11) is 0. The first-order valence-corrected chi connectivity index (χ1v) is 35.6. The Morgan fingerprint density at radius 2 is 0.556 bits per heavy atom. The molecule has 10 fully saturated rings. The molecule has 2 saturated carbocycles. The third kappa shape index (κ3) is 15.4. The van der Waals surface area contributed by atoms with E-state index in [0.717, 1.165) is 12.8 Å². The van der Waals surface area contributed by atoms with Crippen molar-refractivity contribution in [2.45, 2.75) is 351 Å². The fourth-order valence-electron chi connectivity index (χ4n) is 18.1. The van der Waals surface area contributed by atoms with Crippen LogP contribution in [0.25, 0.3) is 0 Å². The van der Waals surface area contributed by atoms with E-state index in [1.807, 2.05) is 41.5 Å². The van der Waals surface area contributed by atoms with E-state index in [9.17, 15) is 15.3 Å². The maximum Gasteiger partial charge on any atom is 0.163 e. The molecule has 0 aromatic carbocycles. The molecule has 42 atom stereocenters. The Hall–Kier alpha value is 2.20. The Kier molecular flexibility index (Phi) is 28.3. The first-order valence-electron chi connectivity index (χ1n) is 35.6. The van der Waals surface area contributed by atoms with Gasteiger partial charge in [-0.25, -0.2) is 0 Å². The van der Waals surface area contributed by atoms with Gasteiger partial charge in [-0.2, -0.15) is 0 Å². The van der Waals surface area contributed by atoms with Crippen molar-refractivity contribution >= 4 is 0 Å². The zero-order valence-electron chi connectivity index (χ0n) is 60.1. The number of aliphatic hydroxyl groups is 3. The normalized spacial score (nSPS) is 56.7. The minimum Gasteiger partial charge on any atom is -0.390 e. The van der Waals surface area contributed by atoms with Gasteiger partial charge in [-0.1, -0.05) is 118 Å². The van der Waals surface area contributed by atoms with Gasteiger partial charge in [-0.15, -0.1) is 0 Å².